The predicted octanol–water partition coefficient (Wildman–Crippen LogP) is 1.95. The van der Waals surface area contributed by atoms with Gasteiger partial charge in [-0.05, 0) is 62.9 Å². The lowest BCUT2D eigenvalue weighted by Gasteiger charge is -2.13. The number of hydrogen-bond acceptors (Lipinski definition) is 3. The zero-order chi connectivity index (χ0) is 11.6. The Kier molecular flexibility index (Phi) is 4.59. The van der Waals surface area contributed by atoms with Crippen LogP contribution >= 0.6 is 45.2 Å². The van der Waals surface area contributed by atoms with Crippen molar-refractivity contribution < 1.29 is 9.90 Å². The molecule has 0 fully saturated rings. The first-order chi connectivity index (χ1) is 6.91. The Morgan fingerprint density at radius 2 is 2.00 bits per heavy atom. The molecule has 82 valence electrons. The fourth-order valence-corrected chi connectivity index (χ4v) is 3.10. The number of carbonyl (C=O) groups is 1. The minimum absolute atomic E-state index is 0.0873. The van der Waals surface area contributed by atoms with Gasteiger partial charge in [0, 0.05) is 18.9 Å². The molecule has 1 atom stereocenters. The van der Waals surface area contributed by atoms with E-state index in [4.69, 9.17) is 16.6 Å². The Hall–Kier alpha value is -0.0900. The van der Waals surface area contributed by atoms with E-state index in [1.165, 1.54) is 0 Å². The summed E-state index contributed by atoms with van der Waals surface area (Å²) in [5.74, 6) is -0.907. The van der Waals surface area contributed by atoms with Gasteiger partial charge in [0.05, 0.1) is 6.42 Å². The second-order valence-electron chi connectivity index (χ2n) is 3.10. The van der Waals surface area contributed by atoms with Crippen LogP contribution in [0.15, 0.2) is 12.1 Å². The molecule has 0 heterocycles. The summed E-state index contributed by atoms with van der Waals surface area (Å²) in [5.41, 5.74) is 12.9. The van der Waals surface area contributed by atoms with E-state index in [2.05, 4.69) is 45.2 Å². The summed E-state index contributed by atoms with van der Waals surface area (Å²) in [6.07, 6.45) is -0.0873. The lowest BCUT2D eigenvalue weighted by atomic mass is 10.0. The molecule has 0 aliphatic rings. The van der Waals surface area contributed by atoms with Crippen molar-refractivity contribution >= 4 is 56.8 Å². The molecule has 0 saturated heterocycles. The van der Waals surface area contributed by atoms with Gasteiger partial charge in [0.25, 0.3) is 0 Å². The van der Waals surface area contributed by atoms with Crippen LogP contribution < -0.4 is 11.5 Å². The highest BCUT2D eigenvalue weighted by Crippen LogP contribution is 2.27. The van der Waals surface area contributed by atoms with Gasteiger partial charge < -0.3 is 16.6 Å². The Labute approximate surface area is 115 Å². The van der Waals surface area contributed by atoms with Crippen LogP contribution in [0.3, 0.4) is 0 Å². The van der Waals surface area contributed by atoms with Crippen molar-refractivity contribution in [1.29, 1.82) is 0 Å². The third-order valence-electron chi connectivity index (χ3n) is 1.91. The van der Waals surface area contributed by atoms with Crippen molar-refractivity contribution in [2.24, 2.45) is 5.73 Å². The third kappa shape index (κ3) is 3.45. The van der Waals surface area contributed by atoms with Gasteiger partial charge in [0.15, 0.2) is 0 Å². The highest BCUT2D eigenvalue weighted by molar-refractivity contribution is 14.1. The minimum Gasteiger partial charge on any atom is -0.481 e. The molecule has 0 saturated carbocycles. The fourth-order valence-electron chi connectivity index (χ4n) is 1.17. The van der Waals surface area contributed by atoms with Crippen molar-refractivity contribution in [2.45, 2.75) is 12.5 Å². The van der Waals surface area contributed by atoms with Crippen LogP contribution in [0.1, 0.15) is 18.0 Å². The minimum atomic E-state index is -0.907. The largest absolute Gasteiger partial charge is 0.481 e. The topological polar surface area (TPSA) is 89.3 Å². The first kappa shape index (κ1) is 13.0. The molecule has 0 aliphatic heterocycles. The Bertz CT molecular complexity index is 396. The van der Waals surface area contributed by atoms with Gasteiger partial charge in [-0.2, -0.15) is 0 Å². The van der Waals surface area contributed by atoms with Crippen molar-refractivity contribution in [3.05, 3.63) is 24.8 Å². The van der Waals surface area contributed by atoms with E-state index in [1.807, 2.05) is 6.07 Å². The average Bonchev–Trinajstić information content (AvgIpc) is 2.09. The zero-order valence-corrected chi connectivity index (χ0v) is 12.0. The van der Waals surface area contributed by atoms with Gasteiger partial charge in [0.2, 0.25) is 0 Å². The second kappa shape index (κ2) is 5.30. The molecule has 0 spiro atoms. The standard InChI is InChI=1S/C9H10I2N2O2/c10-5-2-6(11)8(13)1-4(5)7(12)3-9(14)15/h1-2,7H,3,12-13H2,(H,14,15). The molecule has 1 unspecified atom stereocenters. The van der Waals surface area contributed by atoms with E-state index in [1.54, 1.807) is 6.07 Å². The summed E-state index contributed by atoms with van der Waals surface area (Å²) < 4.78 is 1.89. The van der Waals surface area contributed by atoms with Crippen molar-refractivity contribution in [2.75, 3.05) is 5.73 Å². The predicted molar refractivity (Wildman–Crippen MR) is 75.5 cm³/mol. The molecule has 0 bridgehead atoms. The number of rotatable bonds is 3. The number of halogens is 2. The molecule has 15 heavy (non-hydrogen) atoms. The Morgan fingerprint density at radius 3 is 2.53 bits per heavy atom. The summed E-state index contributed by atoms with van der Waals surface area (Å²) in [4.78, 5) is 10.5. The molecule has 4 nitrogen and oxygen atoms in total. The first-order valence-electron chi connectivity index (χ1n) is 4.13. The molecule has 1 rings (SSSR count). The van der Waals surface area contributed by atoms with E-state index < -0.39 is 12.0 Å². The highest BCUT2D eigenvalue weighted by atomic mass is 127. The van der Waals surface area contributed by atoms with Crippen LogP contribution in [0.5, 0.6) is 0 Å². The lowest BCUT2D eigenvalue weighted by Crippen LogP contribution is -2.16. The molecule has 1 aromatic rings. The molecule has 1 aromatic carbocycles. The molecule has 0 aromatic heterocycles. The van der Waals surface area contributed by atoms with Crippen molar-refractivity contribution in [1.82, 2.24) is 0 Å². The Morgan fingerprint density at radius 1 is 1.40 bits per heavy atom. The molecular formula is C9H10I2N2O2. The summed E-state index contributed by atoms with van der Waals surface area (Å²) in [7, 11) is 0. The number of nitrogens with two attached hydrogens (primary N) is 2. The first-order valence-corrected chi connectivity index (χ1v) is 6.29. The van der Waals surface area contributed by atoms with Gasteiger partial charge >= 0.3 is 5.97 Å². The number of carboxylic acid groups (broad SMARTS) is 1. The second-order valence-corrected chi connectivity index (χ2v) is 5.42. The molecular weight excluding hydrogens is 422 g/mol. The van der Waals surface area contributed by atoms with Gasteiger partial charge in [-0.15, -0.1) is 0 Å². The zero-order valence-electron chi connectivity index (χ0n) is 7.71. The van der Waals surface area contributed by atoms with Crippen LogP contribution in [0.2, 0.25) is 0 Å². The van der Waals surface area contributed by atoms with Gasteiger partial charge in [-0.25, -0.2) is 0 Å². The maximum absolute atomic E-state index is 10.5. The summed E-state index contributed by atoms with van der Waals surface area (Å²) in [6, 6.07) is 3.14. The smallest absolute Gasteiger partial charge is 0.305 e. The van der Waals surface area contributed by atoms with Gasteiger partial charge in [-0.3, -0.25) is 4.79 Å². The van der Waals surface area contributed by atoms with Crippen molar-refractivity contribution in [3.63, 3.8) is 0 Å². The van der Waals surface area contributed by atoms with Crippen LogP contribution in [0.4, 0.5) is 5.69 Å². The van der Waals surface area contributed by atoms with E-state index in [0.29, 0.717) is 5.69 Å². The van der Waals surface area contributed by atoms with Crippen molar-refractivity contribution in [3.8, 4) is 0 Å². The third-order valence-corrected chi connectivity index (χ3v) is 3.78. The number of nitrogen functional groups attached to an aromatic ring is 1. The van der Waals surface area contributed by atoms with Gasteiger partial charge in [-0.1, -0.05) is 0 Å². The van der Waals surface area contributed by atoms with Crippen LogP contribution in [-0.4, -0.2) is 11.1 Å². The fraction of sp³-hybridized carbons (Fsp3) is 0.222. The summed E-state index contributed by atoms with van der Waals surface area (Å²) in [5, 5.41) is 8.64. The van der Waals surface area contributed by atoms with Crippen LogP contribution in [0, 0.1) is 7.14 Å². The van der Waals surface area contributed by atoms with E-state index >= 15 is 0 Å². The highest BCUT2D eigenvalue weighted by Gasteiger charge is 2.15. The van der Waals surface area contributed by atoms with Crippen LogP contribution in [0.25, 0.3) is 0 Å². The molecule has 0 amide bonds. The molecule has 6 heteroatoms. The molecule has 0 aliphatic carbocycles. The summed E-state index contributed by atoms with van der Waals surface area (Å²) >= 11 is 4.26. The molecule has 0 radical (unpaired) electrons. The quantitative estimate of drug-likeness (QED) is 0.504. The van der Waals surface area contributed by atoms with Gasteiger partial charge in [0.1, 0.15) is 0 Å². The number of anilines is 1. The number of hydrogen-bond donors (Lipinski definition) is 3. The van der Waals surface area contributed by atoms with E-state index in [9.17, 15) is 4.79 Å². The maximum atomic E-state index is 10.5. The maximum Gasteiger partial charge on any atom is 0.305 e. The van der Waals surface area contributed by atoms with E-state index in [0.717, 1.165) is 12.7 Å². The average molecular weight is 432 g/mol. The number of aliphatic carboxylic acids is 1. The number of carboxylic acids is 1. The SMILES string of the molecule is Nc1cc(C(N)CC(=O)O)c(I)cc1I. The lowest BCUT2D eigenvalue weighted by molar-refractivity contribution is -0.137. The van der Waals surface area contributed by atoms with Crippen LogP contribution in [-0.2, 0) is 4.79 Å². The summed E-state index contributed by atoms with van der Waals surface area (Å²) in [6.45, 7) is 0. The van der Waals surface area contributed by atoms with E-state index in [-0.39, 0.29) is 6.42 Å². The Balaban J connectivity index is 3.03. The normalized spacial score (nSPS) is 12.5. The number of benzene rings is 1. The monoisotopic (exact) mass is 432 g/mol. The molecule has 5 N–H and O–H groups in total.